The molecule has 1 amide bonds. The Kier molecular flexibility index (Phi) is 7.59. The van der Waals surface area contributed by atoms with E-state index in [1.807, 2.05) is 18.2 Å². The van der Waals surface area contributed by atoms with Crippen LogP contribution in [-0.4, -0.2) is 49.8 Å². The second kappa shape index (κ2) is 9.27. The van der Waals surface area contributed by atoms with Gasteiger partial charge >= 0.3 is 6.09 Å². The zero-order valence-corrected chi connectivity index (χ0v) is 16.6. The molecule has 5 rings (SSSR count). The summed E-state index contributed by atoms with van der Waals surface area (Å²) in [6.45, 7) is 5.04. The van der Waals surface area contributed by atoms with Gasteiger partial charge in [0.2, 0.25) is 0 Å². The van der Waals surface area contributed by atoms with E-state index in [-0.39, 0.29) is 42.6 Å². The lowest BCUT2D eigenvalue weighted by molar-refractivity contribution is -0.0360. The van der Waals surface area contributed by atoms with Crippen molar-refractivity contribution in [3.63, 3.8) is 0 Å². The lowest BCUT2D eigenvalue weighted by Gasteiger charge is -2.44. The molecule has 146 valence electrons. The van der Waals surface area contributed by atoms with Gasteiger partial charge in [-0.05, 0) is 63.3 Å². The van der Waals surface area contributed by atoms with Gasteiger partial charge in [-0.15, -0.1) is 24.8 Å². The van der Waals surface area contributed by atoms with Gasteiger partial charge in [-0.1, -0.05) is 30.3 Å². The predicted molar refractivity (Wildman–Crippen MR) is 107 cm³/mol. The van der Waals surface area contributed by atoms with E-state index in [1.165, 1.54) is 5.56 Å². The van der Waals surface area contributed by atoms with E-state index in [0.29, 0.717) is 5.92 Å². The van der Waals surface area contributed by atoms with Crippen LogP contribution in [0.1, 0.15) is 31.2 Å². The Bertz CT molecular complexity index is 573. The van der Waals surface area contributed by atoms with Crippen molar-refractivity contribution in [3.8, 4) is 0 Å². The number of hydrogen-bond donors (Lipinski definition) is 2. The van der Waals surface area contributed by atoms with Crippen molar-refractivity contribution in [2.45, 2.75) is 37.3 Å². The van der Waals surface area contributed by atoms with Gasteiger partial charge in [-0.25, -0.2) is 4.79 Å². The van der Waals surface area contributed by atoms with Crippen molar-refractivity contribution in [2.75, 3.05) is 32.7 Å². The van der Waals surface area contributed by atoms with E-state index < -0.39 is 0 Å². The van der Waals surface area contributed by atoms with Crippen molar-refractivity contribution in [2.24, 2.45) is 5.92 Å². The summed E-state index contributed by atoms with van der Waals surface area (Å²) in [6, 6.07) is 10.3. The van der Waals surface area contributed by atoms with Gasteiger partial charge in [0.15, 0.2) is 0 Å². The molecule has 4 fully saturated rings. The largest absolute Gasteiger partial charge is 0.445 e. The summed E-state index contributed by atoms with van der Waals surface area (Å²) < 4.78 is 5.86. The fourth-order valence-electron chi connectivity index (χ4n) is 4.50. The summed E-state index contributed by atoms with van der Waals surface area (Å²) >= 11 is 0. The van der Waals surface area contributed by atoms with E-state index in [0.717, 1.165) is 58.4 Å². The van der Waals surface area contributed by atoms with E-state index in [1.54, 1.807) is 0 Å². The number of rotatable bonds is 3. The molecule has 0 aliphatic carbocycles. The van der Waals surface area contributed by atoms with Crippen LogP contribution in [0.5, 0.6) is 0 Å². The molecule has 1 atom stereocenters. The summed E-state index contributed by atoms with van der Waals surface area (Å²) in [6.07, 6.45) is 3.91. The maximum atomic E-state index is 12.7. The topological polar surface area (TPSA) is 53.6 Å². The molecule has 1 aromatic rings. The average molecular weight is 402 g/mol. The van der Waals surface area contributed by atoms with Gasteiger partial charge in [0, 0.05) is 6.54 Å². The third-order valence-corrected chi connectivity index (χ3v) is 5.98. The Balaban J connectivity index is 0.00000121. The van der Waals surface area contributed by atoms with Crippen LogP contribution in [0.4, 0.5) is 4.79 Å². The Hall–Kier alpha value is -1.01. The van der Waals surface area contributed by atoms with Crippen molar-refractivity contribution >= 4 is 30.9 Å². The van der Waals surface area contributed by atoms with Gasteiger partial charge in [0.1, 0.15) is 6.10 Å². The third-order valence-electron chi connectivity index (χ3n) is 5.98. The van der Waals surface area contributed by atoms with Gasteiger partial charge in [-0.2, -0.15) is 0 Å². The summed E-state index contributed by atoms with van der Waals surface area (Å²) in [4.78, 5) is 15.1. The van der Waals surface area contributed by atoms with E-state index in [2.05, 4.69) is 27.7 Å². The highest BCUT2D eigenvalue weighted by Crippen LogP contribution is 2.32. The second-order valence-electron chi connectivity index (χ2n) is 7.40. The molecule has 0 saturated carbocycles. The fraction of sp³-hybridized carbons (Fsp3) is 0.632. The number of amides is 1. The molecule has 4 saturated heterocycles. The van der Waals surface area contributed by atoms with Gasteiger partial charge in [-0.3, -0.25) is 4.90 Å². The Morgan fingerprint density at radius 1 is 1.12 bits per heavy atom. The van der Waals surface area contributed by atoms with Crippen molar-refractivity contribution < 1.29 is 9.53 Å². The highest BCUT2D eigenvalue weighted by Gasteiger charge is 2.39. The predicted octanol–water partition coefficient (Wildman–Crippen LogP) is 2.93. The number of carbonyl (C=O) groups is 1. The molecule has 0 spiro atoms. The monoisotopic (exact) mass is 401 g/mol. The van der Waals surface area contributed by atoms with Crippen LogP contribution in [0.15, 0.2) is 30.3 Å². The maximum absolute atomic E-state index is 12.7. The lowest BCUT2D eigenvalue weighted by atomic mass is 9.81. The van der Waals surface area contributed by atoms with E-state index >= 15 is 0 Å². The zero-order valence-electron chi connectivity index (χ0n) is 15.0. The van der Waals surface area contributed by atoms with Gasteiger partial charge < -0.3 is 15.4 Å². The van der Waals surface area contributed by atoms with Gasteiger partial charge in [0.05, 0.1) is 5.54 Å². The summed E-state index contributed by atoms with van der Waals surface area (Å²) in [7, 11) is 0. The minimum absolute atomic E-state index is 0. The molecule has 26 heavy (non-hydrogen) atoms. The minimum atomic E-state index is -0.308. The van der Waals surface area contributed by atoms with Crippen molar-refractivity contribution in [1.82, 2.24) is 15.5 Å². The molecule has 1 aromatic carbocycles. The molecule has 2 N–H and O–H groups in total. The molecular weight excluding hydrogens is 373 g/mol. The molecule has 5 nitrogen and oxygen atoms in total. The van der Waals surface area contributed by atoms with Crippen LogP contribution in [-0.2, 0) is 10.3 Å². The normalized spacial score (nSPS) is 29.0. The van der Waals surface area contributed by atoms with Crippen LogP contribution in [0.2, 0.25) is 0 Å². The highest BCUT2D eigenvalue weighted by molar-refractivity contribution is 5.85. The quantitative estimate of drug-likeness (QED) is 0.817. The number of nitrogens with one attached hydrogen (secondary N) is 2. The number of hydrogen-bond acceptors (Lipinski definition) is 4. The smallest absolute Gasteiger partial charge is 0.408 e. The van der Waals surface area contributed by atoms with Gasteiger partial charge in [0.25, 0.3) is 0 Å². The molecule has 0 aromatic heterocycles. The van der Waals surface area contributed by atoms with E-state index in [9.17, 15) is 4.79 Å². The Morgan fingerprint density at radius 3 is 2.35 bits per heavy atom. The fourth-order valence-corrected chi connectivity index (χ4v) is 4.50. The standard InChI is InChI=1S/C19H27N3O2.2ClH/c23-18(24-17-14-22-12-6-15(17)7-13-22)21-19(8-10-20-11-9-19)16-4-2-1-3-5-16;;/h1-5,15,17,20H,6-14H2,(H,21,23);2*1H/t17-;;/m0../s1. The summed E-state index contributed by atoms with van der Waals surface area (Å²) in [5, 5.41) is 6.62. The number of benzene rings is 1. The first-order chi connectivity index (χ1) is 11.8. The number of piperidine rings is 4. The first-order valence-corrected chi connectivity index (χ1v) is 9.23. The van der Waals surface area contributed by atoms with Crippen LogP contribution in [0.25, 0.3) is 0 Å². The molecule has 4 heterocycles. The number of nitrogens with zero attached hydrogens (tertiary/aromatic N) is 1. The second-order valence-corrected chi connectivity index (χ2v) is 7.40. The summed E-state index contributed by atoms with van der Waals surface area (Å²) in [5.74, 6) is 0.543. The molecule has 2 bridgehead atoms. The van der Waals surface area contributed by atoms with Crippen LogP contribution in [0.3, 0.4) is 0 Å². The SMILES string of the molecule is Cl.Cl.O=C(NC1(c2ccccc2)CCNCC1)O[C@H]1CN2CCC1CC2. The minimum Gasteiger partial charge on any atom is -0.445 e. The lowest BCUT2D eigenvalue weighted by Crippen LogP contribution is -2.56. The summed E-state index contributed by atoms with van der Waals surface area (Å²) in [5.41, 5.74) is 0.870. The molecule has 0 radical (unpaired) electrons. The average Bonchev–Trinajstić information content (AvgIpc) is 2.64. The van der Waals surface area contributed by atoms with E-state index in [4.69, 9.17) is 4.74 Å². The first-order valence-electron chi connectivity index (χ1n) is 9.23. The number of carbonyl (C=O) groups excluding carboxylic acids is 1. The zero-order chi connectivity index (χ0) is 16.4. The molecule has 0 unspecified atom stereocenters. The number of alkyl carbamates (subject to hydrolysis) is 1. The third kappa shape index (κ3) is 4.45. The van der Waals surface area contributed by atoms with Crippen LogP contribution < -0.4 is 10.6 Å². The molecule has 7 heteroatoms. The number of fused-ring (bicyclic) bond motifs is 3. The first kappa shape index (κ1) is 21.3. The van der Waals surface area contributed by atoms with Crippen molar-refractivity contribution in [1.29, 1.82) is 0 Å². The maximum Gasteiger partial charge on any atom is 0.408 e. The molecule has 4 aliphatic rings. The molecular formula is C19H29Cl2N3O2. The number of halogens is 2. The highest BCUT2D eigenvalue weighted by atomic mass is 35.5. The van der Waals surface area contributed by atoms with Crippen molar-refractivity contribution in [3.05, 3.63) is 35.9 Å². The number of ether oxygens (including phenoxy) is 1. The Labute approximate surface area is 168 Å². The molecule has 4 aliphatic heterocycles. The van der Waals surface area contributed by atoms with Crippen LogP contribution in [0, 0.1) is 5.92 Å². The Morgan fingerprint density at radius 2 is 1.77 bits per heavy atom. The van der Waals surface area contributed by atoms with Crippen LogP contribution >= 0.6 is 24.8 Å².